The van der Waals surface area contributed by atoms with Crippen LogP contribution in [0.2, 0.25) is 0 Å². The molecule has 1 N–H and O–H groups in total. The molecule has 0 aromatic carbocycles. The number of rotatable bonds is 3. The van der Waals surface area contributed by atoms with Crippen molar-refractivity contribution in [1.82, 2.24) is 15.1 Å². The molecule has 0 radical (unpaired) electrons. The van der Waals surface area contributed by atoms with Gasteiger partial charge in [-0.15, -0.1) is 0 Å². The molecule has 3 rings (SSSR count). The summed E-state index contributed by atoms with van der Waals surface area (Å²) in [6.45, 7) is 10.1. The van der Waals surface area contributed by atoms with Crippen LogP contribution in [-0.2, 0) is 14.3 Å². The highest BCUT2D eigenvalue weighted by Gasteiger charge is 2.35. The molecule has 3 saturated heterocycles. The van der Waals surface area contributed by atoms with Crippen molar-refractivity contribution in [1.29, 1.82) is 0 Å². The lowest BCUT2D eigenvalue weighted by atomic mass is 10.1. The molecule has 21 heavy (non-hydrogen) atoms. The van der Waals surface area contributed by atoms with Crippen LogP contribution in [-0.4, -0.2) is 86.9 Å². The number of likely N-dealkylation sites (tertiary alicyclic amines) is 1. The van der Waals surface area contributed by atoms with E-state index in [0.29, 0.717) is 12.5 Å². The number of morpholine rings is 2. The largest absolute Gasteiger partial charge is 0.379 e. The third kappa shape index (κ3) is 3.74. The second-order valence-electron chi connectivity index (χ2n) is 6.36. The van der Waals surface area contributed by atoms with E-state index < -0.39 is 0 Å². The van der Waals surface area contributed by atoms with Crippen molar-refractivity contribution in [3.05, 3.63) is 0 Å². The van der Waals surface area contributed by atoms with Gasteiger partial charge in [-0.2, -0.15) is 0 Å². The summed E-state index contributed by atoms with van der Waals surface area (Å²) in [6.07, 6.45) is 1.09. The molecule has 3 fully saturated rings. The summed E-state index contributed by atoms with van der Waals surface area (Å²) < 4.78 is 11.0. The Labute approximate surface area is 126 Å². The van der Waals surface area contributed by atoms with Gasteiger partial charge in [0.1, 0.15) is 6.04 Å². The van der Waals surface area contributed by atoms with Crippen LogP contribution in [0.3, 0.4) is 0 Å². The van der Waals surface area contributed by atoms with Gasteiger partial charge in [-0.25, -0.2) is 0 Å². The maximum atomic E-state index is 12.6. The van der Waals surface area contributed by atoms with Gasteiger partial charge in [0, 0.05) is 39.3 Å². The normalized spacial score (nSPS) is 35.1. The standard InChI is InChI=1S/C15H27N3O3/c1-12-14(16-3-7-21-12)15(19)18-4-2-13(11-18)10-17-5-8-20-9-6-17/h12-14,16H,2-11H2,1H3/t12-,13?,14+/m1/s1. The smallest absolute Gasteiger partial charge is 0.242 e. The van der Waals surface area contributed by atoms with Gasteiger partial charge in [0.05, 0.1) is 25.9 Å². The third-order valence-corrected chi connectivity index (χ3v) is 4.80. The minimum absolute atomic E-state index is 0.0236. The zero-order valence-electron chi connectivity index (χ0n) is 12.9. The zero-order valence-corrected chi connectivity index (χ0v) is 12.9. The van der Waals surface area contributed by atoms with Crippen LogP contribution in [0.1, 0.15) is 13.3 Å². The first-order valence-corrected chi connectivity index (χ1v) is 8.18. The number of nitrogens with one attached hydrogen (secondary N) is 1. The molecular weight excluding hydrogens is 270 g/mol. The Hall–Kier alpha value is -0.690. The summed E-state index contributed by atoms with van der Waals surface area (Å²) >= 11 is 0. The minimum atomic E-state index is -0.166. The fourth-order valence-corrected chi connectivity index (χ4v) is 3.54. The van der Waals surface area contributed by atoms with Gasteiger partial charge in [0.25, 0.3) is 0 Å². The Morgan fingerprint density at radius 1 is 1.24 bits per heavy atom. The van der Waals surface area contributed by atoms with Gasteiger partial charge in [0.2, 0.25) is 5.91 Å². The molecule has 0 aromatic rings. The summed E-state index contributed by atoms with van der Waals surface area (Å²) in [6, 6.07) is -0.166. The van der Waals surface area contributed by atoms with Gasteiger partial charge in [-0.05, 0) is 19.3 Å². The van der Waals surface area contributed by atoms with Gasteiger partial charge in [-0.1, -0.05) is 0 Å². The number of hydrogen-bond acceptors (Lipinski definition) is 5. The molecule has 1 unspecified atom stereocenters. The number of ether oxygens (including phenoxy) is 2. The highest BCUT2D eigenvalue weighted by molar-refractivity contribution is 5.83. The number of hydrogen-bond donors (Lipinski definition) is 1. The van der Waals surface area contributed by atoms with Crippen molar-refractivity contribution in [3.8, 4) is 0 Å². The van der Waals surface area contributed by atoms with Gasteiger partial charge in [0.15, 0.2) is 0 Å². The van der Waals surface area contributed by atoms with E-state index in [1.165, 1.54) is 0 Å². The molecule has 0 spiro atoms. The molecule has 3 heterocycles. The van der Waals surface area contributed by atoms with E-state index in [9.17, 15) is 4.79 Å². The monoisotopic (exact) mass is 297 g/mol. The van der Waals surface area contributed by atoms with Crippen LogP contribution in [0.4, 0.5) is 0 Å². The molecule has 0 bridgehead atoms. The highest BCUT2D eigenvalue weighted by atomic mass is 16.5. The second-order valence-corrected chi connectivity index (χ2v) is 6.36. The van der Waals surface area contributed by atoms with Crippen molar-refractivity contribution in [2.75, 3.05) is 59.1 Å². The number of carbonyl (C=O) groups excluding carboxylic acids is 1. The highest BCUT2D eigenvalue weighted by Crippen LogP contribution is 2.20. The van der Waals surface area contributed by atoms with Gasteiger partial charge in [-0.3, -0.25) is 9.69 Å². The Balaban J connectivity index is 1.48. The number of nitrogens with zero attached hydrogens (tertiary/aromatic N) is 2. The Morgan fingerprint density at radius 3 is 2.81 bits per heavy atom. The van der Waals surface area contributed by atoms with Crippen LogP contribution in [0.15, 0.2) is 0 Å². The molecule has 120 valence electrons. The second kappa shape index (κ2) is 7.05. The van der Waals surface area contributed by atoms with E-state index in [1.807, 2.05) is 11.8 Å². The van der Waals surface area contributed by atoms with E-state index in [4.69, 9.17) is 9.47 Å². The maximum absolute atomic E-state index is 12.6. The summed E-state index contributed by atoms with van der Waals surface area (Å²) in [5.41, 5.74) is 0. The predicted molar refractivity (Wildman–Crippen MR) is 79.2 cm³/mol. The molecule has 0 aliphatic carbocycles. The van der Waals surface area contributed by atoms with Crippen LogP contribution in [0.25, 0.3) is 0 Å². The van der Waals surface area contributed by atoms with Crippen molar-refractivity contribution < 1.29 is 14.3 Å². The number of amides is 1. The quantitative estimate of drug-likeness (QED) is 0.764. The van der Waals surface area contributed by atoms with Crippen molar-refractivity contribution in [2.45, 2.75) is 25.5 Å². The average Bonchev–Trinajstić information content (AvgIpc) is 2.97. The van der Waals surface area contributed by atoms with Gasteiger partial charge >= 0.3 is 0 Å². The van der Waals surface area contributed by atoms with E-state index in [0.717, 1.165) is 58.9 Å². The van der Waals surface area contributed by atoms with Crippen LogP contribution in [0, 0.1) is 5.92 Å². The molecular formula is C15H27N3O3. The van der Waals surface area contributed by atoms with E-state index in [-0.39, 0.29) is 18.1 Å². The molecule has 3 aliphatic heterocycles. The van der Waals surface area contributed by atoms with Crippen LogP contribution >= 0.6 is 0 Å². The van der Waals surface area contributed by atoms with E-state index in [1.54, 1.807) is 0 Å². The Kier molecular flexibility index (Phi) is 5.11. The van der Waals surface area contributed by atoms with Crippen molar-refractivity contribution >= 4 is 5.91 Å². The fraction of sp³-hybridized carbons (Fsp3) is 0.933. The first kappa shape index (κ1) is 15.2. The average molecular weight is 297 g/mol. The molecule has 0 aromatic heterocycles. The van der Waals surface area contributed by atoms with E-state index in [2.05, 4.69) is 10.2 Å². The lowest BCUT2D eigenvalue weighted by molar-refractivity contribution is -0.138. The van der Waals surface area contributed by atoms with Crippen molar-refractivity contribution in [3.63, 3.8) is 0 Å². The van der Waals surface area contributed by atoms with E-state index >= 15 is 0 Å². The molecule has 6 heteroatoms. The third-order valence-electron chi connectivity index (χ3n) is 4.80. The maximum Gasteiger partial charge on any atom is 0.242 e. The molecule has 3 atom stereocenters. The first-order valence-electron chi connectivity index (χ1n) is 8.18. The van der Waals surface area contributed by atoms with Crippen LogP contribution < -0.4 is 5.32 Å². The summed E-state index contributed by atoms with van der Waals surface area (Å²) in [5.74, 6) is 0.818. The Morgan fingerprint density at radius 2 is 2.05 bits per heavy atom. The summed E-state index contributed by atoms with van der Waals surface area (Å²) in [5, 5.41) is 3.30. The minimum Gasteiger partial charge on any atom is -0.379 e. The first-order chi connectivity index (χ1) is 10.2. The van der Waals surface area contributed by atoms with Gasteiger partial charge < -0.3 is 19.7 Å². The lowest BCUT2D eigenvalue weighted by Gasteiger charge is -2.32. The predicted octanol–water partition coefficient (Wildman–Crippen LogP) is -0.456. The molecule has 6 nitrogen and oxygen atoms in total. The lowest BCUT2D eigenvalue weighted by Crippen LogP contribution is -2.56. The summed E-state index contributed by atoms with van der Waals surface area (Å²) in [4.78, 5) is 17.1. The molecule has 1 amide bonds. The zero-order chi connectivity index (χ0) is 14.7. The Bertz CT molecular complexity index is 360. The van der Waals surface area contributed by atoms with Crippen LogP contribution in [0.5, 0.6) is 0 Å². The van der Waals surface area contributed by atoms with Crippen molar-refractivity contribution in [2.24, 2.45) is 5.92 Å². The molecule has 0 saturated carbocycles. The SMILES string of the molecule is C[C@H]1OCCN[C@@H]1C(=O)N1CCC(CN2CCOCC2)C1. The summed E-state index contributed by atoms with van der Waals surface area (Å²) in [7, 11) is 0. The topological polar surface area (TPSA) is 54.0 Å². The number of carbonyl (C=O) groups is 1. The molecule has 3 aliphatic rings. The fourth-order valence-electron chi connectivity index (χ4n) is 3.54.